The molecule has 2 heterocycles. The van der Waals surface area contributed by atoms with Gasteiger partial charge in [0, 0.05) is 23.5 Å². The van der Waals surface area contributed by atoms with Gasteiger partial charge < -0.3 is 14.5 Å². The molecule has 35 heavy (non-hydrogen) atoms. The zero-order valence-electron chi connectivity index (χ0n) is 19.8. The molecule has 7 heteroatoms. The van der Waals surface area contributed by atoms with Crippen LogP contribution in [0.15, 0.2) is 60.0 Å². The highest BCUT2D eigenvalue weighted by Gasteiger charge is 2.35. The Morgan fingerprint density at radius 3 is 2.63 bits per heavy atom. The van der Waals surface area contributed by atoms with Gasteiger partial charge in [-0.3, -0.25) is 9.59 Å². The van der Waals surface area contributed by atoms with Crippen molar-refractivity contribution in [3.05, 3.63) is 87.4 Å². The Morgan fingerprint density at radius 2 is 1.89 bits per heavy atom. The lowest BCUT2D eigenvalue weighted by atomic mass is 10.00. The fourth-order valence-corrected chi connectivity index (χ4v) is 5.50. The number of halogens is 1. The van der Waals surface area contributed by atoms with Gasteiger partial charge in [0.2, 0.25) is 5.91 Å². The third-order valence-corrected chi connectivity index (χ3v) is 7.73. The van der Waals surface area contributed by atoms with Crippen molar-refractivity contribution in [1.82, 2.24) is 9.80 Å². The summed E-state index contributed by atoms with van der Waals surface area (Å²) in [5.41, 5.74) is 2.73. The van der Waals surface area contributed by atoms with Crippen LogP contribution >= 0.6 is 11.3 Å². The number of para-hydroxylation sites is 1. The molecule has 2 aromatic carbocycles. The number of hydrogen-bond acceptors (Lipinski definition) is 4. The average Bonchev–Trinajstić information content (AvgIpc) is 3.55. The maximum Gasteiger partial charge on any atom is 0.254 e. The van der Waals surface area contributed by atoms with Crippen molar-refractivity contribution in [1.29, 1.82) is 0 Å². The van der Waals surface area contributed by atoms with E-state index >= 15 is 0 Å². The molecule has 5 nitrogen and oxygen atoms in total. The first kappa shape index (κ1) is 23.5. The number of amides is 2. The monoisotopic (exact) mass is 492 g/mol. The van der Waals surface area contributed by atoms with Gasteiger partial charge in [-0.1, -0.05) is 29.8 Å². The van der Waals surface area contributed by atoms with Gasteiger partial charge in [0.1, 0.15) is 13.2 Å². The summed E-state index contributed by atoms with van der Waals surface area (Å²) in [7, 11) is 0. The lowest BCUT2D eigenvalue weighted by Gasteiger charge is -2.37. The number of thiophene rings is 1. The van der Waals surface area contributed by atoms with Crippen LogP contribution < -0.4 is 4.74 Å². The number of ether oxygens (including phenoxy) is 1. The van der Waals surface area contributed by atoms with Gasteiger partial charge in [0.25, 0.3) is 5.91 Å². The maximum absolute atomic E-state index is 14.2. The Bertz CT molecular complexity index is 1200. The molecule has 0 bridgehead atoms. The predicted octanol–water partition coefficient (Wildman–Crippen LogP) is 5.25. The smallest absolute Gasteiger partial charge is 0.254 e. The molecular formula is C28H29FN2O3S. The topological polar surface area (TPSA) is 49.9 Å². The van der Waals surface area contributed by atoms with E-state index in [1.54, 1.807) is 39.3 Å². The number of fused-ring (bicyclic) bond motifs is 1. The van der Waals surface area contributed by atoms with Crippen LogP contribution in [0.4, 0.5) is 4.39 Å². The van der Waals surface area contributed by atoms with Crippen LogP contribution in [0, 0.1) is 18.7 Å². The van der Waals surface area contributed by atoms with Crippen LogP contribution in [0.5, 0.6) is 5.75 Å². The van der Waals surface area contributed by atoms with E-state index in [0.717, 1.165) is 30.4 Å². The number of aryl methyl sites for hydroxylation is 1. The lowest BCUT2D eigenvalue weighted by Crippen LogP contribution is -2.48. The maximum atomic E-state index is 14.2. The predicted molar refractivity (Wildman–Crippen MR) is 134 cm³/mol. The Morgan fingerprint density at radius 1 is 1.11 bits per heavy atom. The van der Waals surface area contributed by atoms with E-state index < -0.39 is 5.82 Å². The average molecular weight is 493 g/mol. The minimum absolute atomic E-state index is 0.0267. The molecule has 0 N–H and O–H groups in total. The quantitative estimate of drug-likeness (QED) is 0.431. The van der Waals surface area contributed by atoms with Crippen LogP contribution in [0.2, 0.25) is 0 Å². The van der Waals surface area contributed by atoms with Gasteiger partial charge >= 0.3 is 0 Å². The minimum atomic E-state index is -0.425. The van der Waals surface area contributed by atoms with E-state index in [0.29, 0.717) is 24.6 Å². The van der Waals surface area contributed by atoms with E-state index in [4.69, 9.17) is 4.74 Å². The number of carbonyl (C=O) groups is 2. The van der Waals surface area contributed by atoms with Crippen molar-refractivity contribution in [2.24, 2.45) is 5.92 Å². The van der Waals surface area contributed by atoms with Gasteiger partial charge in [0.15, 0.2) is 11.6 Å². The van der Waals surface area contributed by atoms with E-state index in [-0.39, 0.29) is 36.8 Å². The van der Waals surface area contributed by atoms with E-state index in [1.807, 2.05) is 42.6 Å². The molecular weight excluding hydrogens is 463 g/mol. The molecule has 1 atom stereocenters. The summed E-state index contributed by atoms with van der Waals surface area (Å²) in [4.78, 5) is 31.7. The summed E-state index contributed by atoms with van der Waals surface area (Å²) in [5, 5.41) is 2.02. The third-order valence-electron chi connectivity index (χ3n) is 6.74. The summed E-state index contributed by atoms with van der Waals surface area (Å²) in [5.74, 6) is -0.0110. The number of nitrogens with zero attached hydrogens (tertiary/aromatic N) is 2. The van der Waals surface area contributed by atoms with E-state index in [1.165, 1.54) is 10.9 Å². The highest BCUT2D eigenvalue weighted by molar-refractivity contribution is 7.10. The summed E-state index contributed by atoms with van der Waals surface area (Å²) in [6.45, 7) is 3.31. The SMILES string of the molecule is Cc1ccc(C(=O)N(CC(=O)N2CCc3sccc3C2COc2ccccc2F)CC2CC2)cc1. The van der Waals surface area contributed by atoms with Gasteiger partial charge in [-0.25, -0.2) is 4.39 Å². The van der Waals surface area contributed by atoms with Crippen molar-refractivity contribution in [2.75, 3.05) is 26.2 Å². The van der Waals surface area contributed by atoms with Crippen LogP contribution in [0.1, 0.15) is 45.2 Å². The van der Waals surface area contributed by atoms with Crippen LogP contribution in [-0.4, -0.2) is 47.9 Å². The molecule has 2 amide bonds. The van der Waals surface area contributed by atoms with Crippen molar-refractivity contribution >= 4 is 23.2 Å². The number of benzene rings is 2. The standard InChI is InChI=1S/C28H29FN2O3S/c1-19-6-10-21(11-7-19)28(33)30(16-20-8-9-20)17-27(32)31-14-12-26-22(13-15-35-26)24(31)18-34-25-5-3-2-4-23(25)29/h2-7,10-11,13,15,20,24H,8-9,12,14,16-18H2,1H3. The minimum Gasteiger partial charge on any atom is -0.488 e. The second-order valence-electron chi connectivity index (χ2n) is 9.39. The number of hydrogen-bond donors (Lipinski definition) is 0. The van der Waals surface area contributed by atoms with Crippen LogP contribution in [0.3, 0.4) is 0 Å². The summed E-state index contributed by atoms with van der Waals surface area (Å²) < 4.78 is 20.0. The van der Waals surface area contributed by atoms with Crippen LogP contribution in [0.25, 0.3) is 0 Å². The zero-order chi connectivity index (χ0) is 24.4. The highest BCUT2D eigenvalue weighted by atomic mass is 32.1. The Hall–Kier alpha value is -3.19. The Labute approximate surface area is 209 Å². The second-order valence-corrected chi connectivity index (χ2v) is 10.4. The highest BCUT2D eigenvalue weighted by Crippen LogP contribution is 2.35. The molecule has 1 aliphatic heterocycles. The summed E-state index contributed by atoms with van der Waals surface area (Å²) in [6.07, 6.45) is 2.95. The Kier molecular flexibility index (Phi) is 6.86. The normalized spacial score (nSPS) is 17.1. The molecule has 0 saturated heterocycles. The number of rotatable bonds is 8. The van der Waals surface area contributed by atoms with E-state index in [2.05, 4.69) is 0 Å². The largest absolute Gasteiger partial charge is 0.488 e. The van der Waals surface area contributed by atoms with Crippen LogP contribution in [-0.2, 0) is 11.2 Å². The molecule has 0 spiro atoms. The fraction of sp³-hybridized carbons (Fsp3) is 0.357. The molecule has 1 aromatic heterocycles. The Balaban J connectivity index is 1.34. The van der Waals surface area contributed by atoms with Crippen molar-refractivity contribution < 1.29 is 18.7 Å². The molecule has 5 rings (SSSR count). The van der Waals surface area contributed by atoms with Gasteiger partial charge in [-0.2, -0.15) is 0 Å². The summed E-state index contributed by atoms with van der Waals surface area (Å²) in [6, 6.07) is 15.5. The van der Waals surface area contributed by atoms with Gasteiger partial charge in [0.05, 0.1) is 6.04 Å². The van der Waals surface area contributed by atoms with E-state index in [9.17, 15) is 14.0 Å². The van der Waals surface area contributed by atoms with Gasteiger partial charge in [-0.15, -0.1) is 11.3 Å². The van der Waals surface area contributed by atoms with Crippen molar-refractivity contribution in [3.8, 4) is 5.75 Å². The molecule has 1 aliphatic carbocycles. The molecule has 1 unspecified atom stereocenters. The zero-order valence-corrected chi connectivity index (χ0v) is 20.6. The first-order valence-electron chi connectivity index (χ1n) is 12.1. The molecule has 182 valence electrons. The second kappa shape index (κ2) is 10.2. The first-order valence-corrected chi connectivity index (χ1v) is 13.0. The third kappa shape index (κ3) is 5.40. The lowest BCUT2D eigenvalue weighted by molar-refractivity contribution is -0.135. The van der Waals surface area contributed by atoms with Gasteiger partial charge in [-0.05, 0) is 73.4 Å². The molecule has 0 radical (unpaired) electrons. The molecule has 1 fully saturated rings. The van der Waals surface area contributed by atoms with Crippen molar-refractivity contribution in [2.45, 2.75) is 32.2 Å². The molecule has 1 saturated carbocycles. The first-order chi connectivity index (χ1) is 17.0. The van der Waals surface area contributed by atoms with Crippen molar-refractivity contribution in [3.63, 3.8) is 0 Å². The molecule has 3 aromatic rings. The summed E-state index contributed by atoms with van der Waals surface area (Å²) >= 11 is 1.67. The molecule has 2 aliphatic rings. The number of carbonyl (C=O) groups excluding carboxylic acids is 2. The fourth-order valence-electron chi connectivity index (χ4n) is 4.57.